The number of thiocarbonyl (C=S) groups is 1. The molecule has 0 radical (unpaired) electrons. The van der Waals surface area contributed by atoms with E-state index in [1.54, 1.807) is 0 Å². The van der Waals surface area contributed by atoms with E-state index in [-0.39, 0.29) is 0 Å². The molecule has 0 aromatic rings. The van der Waals surface area contributed by atoms with Gasteiger partial charge in [-0.25, -0.2) is 0 Å². The van der Waals surface area contributed by atoms with Crippen molar-refractivity contribution in [3.8, 4) is 0 Å². The van der Waals surface area contributed by atoms with E-state index in [1.165, 1.54) is 16.9 Å². The Balaban J connectivity index is 3.10. The number of nitrogens with one attached hydrogen (secondary N) is 1. The Morgan fingerprint density at radius 3 is 2.67 bits per heavy atom. The Morgan fingerprint density at radius 2 is 2.33 bits per heavy atom. The summed E-state index contributed by atoms with van der Waals surface area (Å²) >= 11 is 6.12. The summed E-state index contributed by atoms with van der Waals surface area (Å²) < 4.78 is 0.885. The first kappa shape index (κ1) is 8.92. The summed E-state index contributed by atoms with van der Waals surface area (Å²) in [5.41, 5.74) is 0. The molecule has 0 saturated heterocycles. The maximum atomic E-state index is 9.83. The molecule has 1 unspecified atom stereocenters. The Labute approximate surface area is 67.3 Å². The minimum absolute atomic E-state index is 0.437. The molecule has 9 heavy (non-hydrogen) atoms. The fraction of sp³-hybridized carbons (Fsp3) is 0.500. The second kappa shape index (κ2) is 4.77. The Hall–Kier alpha value is -0.0816. The molecular weight excluding hydrogens is 201 g/mol. The van der Waals surface area contributed by atoms with Crippen LogP contribution in [0.15, 0.2) is 0 Å². The van der Waals surface area contributed by atoms with Crippen LogP contribution in [0.5, 0.6) is 0 Å². The van der Waals surface area contributed by atoms with E-state index in [9.17, 15) is 4.79 Å². The molecule has 1 atom stereocenters. The number of carboxylic acid groups (broad SMARTS) is 1. The third-order valence-electron chi connectivity index (χ3n) is 0.648. The molecule has 0 aromatic carbocycles. The molecule has 0 bridgehead atoms. The summed E-state index contributed by atoms with van der Waals surface area (Å²) in [6.45, 7) is 0.437. The molecule has 0 aliphatic heterocycles. The van der Waals surface area contributed by atoms with Crippen molar-refractivity contribution in [3.63, 3.8) is 0 Å². The van der Waals surface area contributed by atoms with Crippen LogP contribution in [-0.4, -0.2) is 38.2 Å². The van der Waals surface area contributed by atoms with Gasteiger partial charge in [0.2, 0.25) is 0 Å². The zero-order valence-electron chi connectivity index (χ0n) is 4.76. The molecule has 0 spiro atoms. The standard InChI is InChI=1S/C4H8AsNO2S/c5-3(9)1-2-6-4(7)8/h6H,1-2,5H2,(H,7,8). The molecule has 0 aliphatic rings. The van der Waals surface area contributed by atoms with Crippen molar-refractivity contribution in [2.75, 3.05) is 6.54 Å². The fourth-order valence-corrected chi connectivity index (χ4v) is 0.698. The normalized spacial score (nSPS) is 8.56. The van der Waals surface area contributed by atoms with Crippen molar-refractivity contribution < 1.29 is 9.90 Å². The molecule has 0 saturated carbocycles. The van der Waals surface area contributed by atoms with Gasteiger partial charge in [0, 0.05) is 0 Å². The molecule has 0 aliphatic carbocycles. The molecule has 5 heteroatoms. The van der Waals surface area contributed by atoms with Crippen LogP contribution in [0.3, 0.4) is 0 Å². The summed E-state index contributed by atoms with van der Waals surface area (Å²) in [7, 11) is 0. The first-order valence-corrected chi connectivity index (χ1v) is 4.00. The summed E-state index contributed by atoms with van der Waals surface area (Å²) in [6.07, 6.45) is -0.319. The quantitative estimate of drug-likeness (QED) is 0.491. The van der Waals surface area contributed by atoms with Crippen LogP contribution in [0.2, 0.25) is 0 Å². The summed E-state index contributed by atoms with van der Waals surface area (Å²) in [6, 6.07) is 0. The Bertz CT molecular complexity index is 114. The van der Waals surface area contributed by atoms with Gasteiger partial charge in [-0.05, 0) is 0 Å². The van der Waals surface area contributed by atoms with Crippen molar-refractivity contribution in [2.45, 2.75) is 6.42 Å². The molecule has 2 N–H and O–H groups in total. The number of carbonyl (C=O) groups is 1. The van der Waals surface area contributed by atoms with Gasteiger partial charge >= 0.3 is 67.0 Å². The summed E-state index contributed by atoms with van der Waals surface area (Å²) in [4.78, 5) is 9.83. The van der Waals surface area contributed by atoms with Gasteiger partial charge in [-0.2, -0.15) is 0 Å². The van der Waals surface area contributed by atoms with Gasteiger partial charge in [0.15, 0.2) is 0 Å². The number of amides is 1. The molecule has 0 heterocycles. The zero-order valence-corrected chi connectivity index (χ0v) is 7.99. The topological polar surface area (TPSA) is 49.3 Å². The van der Waals surface area contributed by atoms with Crippen LogP contribution in [0, 0.1) is 0 Å². The van der Waals surface area contributed by atoms with E-state index < -0.39 is 6.09 Å². The average molecular weight is 209 g/mol. The Kier molecular flexibility index (Phi) is 4.72. The summed E-state index contributed by atoms with van der Waals surface area (Å²) in [5.74, 6) is 0. The van der Waals surface area contributed by atoms with E-state index in [0.717, 1.165) is 3.65 Å². The van der Waals surface area contributed by atoms with Crippen LogP contribution in [0.1, 0.15) is 6.42 Å². The van der Waals surface area contributed by atoms with Gasteiger partial charge in [-0.1, -0.05) is 0 Å². The van der Waals surface area contributed by atoms with Gasteiger partial charge in [-0.15, -0.1) is 0 Å². The summed E-state index contributed by atoms with van der Waals surface area (Å²) in [5, 5.41) is 10.3. The van der Waals surface area contributed by atoms with Crippen LogP contribution < -0.4 is 5.32 Å². The molecule has 0 rings (SSSR count). The van der Waals surface area contributed by atoms with Crippen LogP contribution in [-0.2, 0) is 0 Å². The number of rotatable bonds is 3. The molecule has 0 fully saturated rings. The first-order valence-electron chi connectivity index (χ1n) is 2.38. The SMILES string of the molecule is O=C(O)NCCC(=S)[AsH2]. The van der Waals surface area contributed by atoms with Crippen molar-refractivity contribution >= 4 is 38.8 Å². The van der Waals surface area contributed by atoms with Gasteiger partial charge in [0.25, 0.3) is 0 Å². The molecule has 1 amide bonds. The molecule has 0 aromatic heterocycles. The van der Waals surface area contributed by atoms with Crippen LogP contribution in [0.25, 0.3) is 0 Å². The van der Waals surface area contributed by atoms with Gasteiger partial charge in [0.1, 0.15) is 0 Å². The van der Waals surface area contributed by atoms with Crippen molar-refractivity contribution in [1.29, 1.82) is 0 Å². The van der Waals surface area contributed by atoms with E-state index >= 15 is 0 Å². The van der Waals surface area contributed by atoms with Gasteiger partial charge in [0.05, 0.1) is 0 Å². The molecular formula is C4H8AsNO2S. The third kappa shape index (κ3) is 7.92. The van der Waals surface area contributed by atoms with E-state index in [2.05, 4.69) is 5.32 Å². The average Bonchev–Trinajstić information content (AvgIpc) is 1.63. The fourth-order valence-electron chi connectivity index (χ4n) is 0.293. The Morgan fingerprint density at radius 1 is 1.78 bits per heavy atom. The van der Waals surface area contributed by atoms with E-state index in [1.807, 2.05) is 0 Å². The second-order valence-corrected chi connectivity index (χ2v) is 4.31. The van der Waals surface area contributed by atoms with Gasteiger partial charge in [-0.3, -0.25) is 0 Å². The third-order valence-corrected chi connectivity index (χ3v) is 1.46. The zero-order chi connectivity index (χ0) is 7.28. The van der Waals surface area contributed by atoms with Crippen molar-refractivity contribution in [3.05, 3.63) is 0 Å². The number of hydrogen-bond donors (Lipinski definition) is 2. The van der Waals surface area contributed by atoms with Crippen LogP contribution >= 0.6 is 12.2 Å². The second-order valence-electron chi connectivity index (χ2n) is 1.45. The monoisotopic (exact) mass is 209 g/mol. The van der Waals surface area contributed by atoms with Crippen molar-refractivity contribution in [1.82, 2.24) is 5.32 Å². The molecule has 52 valence electrons. The predicted octanol–water partition coefficient (Wildman–Crippen LogP) is -0.395. The van der Waals surface area contributed by atoms with E-state index in [4.69, 9.17) is 17.3 Å². The molecule has 3 nitrogen and oxygen atoms in total. The number of hydrogen-bond acceptors (Lipinski definition) is 2. The van der Waals surface area contributed by atoms with Crippen LogP contribution in [0.4, 0.5) is 4.79 Å². The minimum atomic E-state index is -0.987. The first-order chi connectivity index (χ1) is 4.13. The van der Waals surface area contributed by atoms with E-state index in [0.29, 0.717) is 13.0 Å². The van der Waals surface area contributed by atoms with Crippen molar-refractivity contribution in [2.24, 2.45) is 0 Å². The van der Waals surface area contributed by atoms with Gasteiger partial charge < -0.3 is 0 Å². The predicted molar refractivity (Wildman–Crippen MR) is 41.8 cm³/mol. The maximum absolute atomic E-state index is 9.83.